The number of nitrogens with zero attached hydrogens (tertiary/aromatic N) is 2. The Morgan fingerprint density at radius 3 is 1.30 bits per heavy atom. The lowest BCUT2D eigenvalue weighted by Gasteiger charge is -2.28. The SMILES string of the molecule is CC1(C)c2cc(-c3ccc(N(c4ccc(-c5ccccc5)cc4)c4ccc(-c5ccccc5)cc4)c4ccccc34)ccc2-c2c1c(-c1ccccc1)n(-c1ccccc1)c2-c1ccccc1. The van der Waals surface area contributed by atoms with Gasteiger partial charge >= 0.3 is 0 Å². The van der Waals surface area contributed by atoms with Crippen molar-refractivity contribution < 1.29 is 0 Å². The second kappa shape index (κ2) is 16.5. The van der Waals surface area contributed by atoms with E-state index in [1.807, 2.05) is 0 Å². The van der Waals surface area contributed by atoms with Crippen LogP contribution in [0.2, 0.25) is 0 Å². The average Bonchev–Trinajstić information content (AvgIpc) is 3.88. The topological polar surface area (TPSA) is 8.17 Å². The van der Waals surface area contributed by atoms with E-state index in [0.29, 0.717) is 0 Å². The van der Waals surface area contributed by atoms with Crippen molar-refractivity contribution in [1.29, 1.82) is 0 Å². The van der Waals surface area contributed by atoms with Crippen LogP contribution in [0, 0.1) is 0 Å². The van der Waals surface area contributed by atoms with Crippen LogP contribution in [0.1, 0.15) is 25.0 Å². The Balaban J connectivity index is 1.02. The summed E-state index contributed by atoms with van der Waals surface area (Å²) in [7, 11) is 0. The molecule has 0 spiro atoms. The van der Waals surface area contributed by atoms with Gasteiger partial charge in [-0.3, -0.25) is 0 Å². The fourth-order valence-electron chi connectivity index (χ4n) is 10.6. The zero-order valence-corrected chi connectivity index (χ0v) is 37.6. The maximum absolute atomic E-state index is 2.51. The molecule has 67 heavy (non-hydrogen) atoms. The molecule has 0 aliphatic heterocycles. The van der Waals surface area contributed by atoms with Gasteiger partial charge in [0, 0.05) is 33.4 Å². The first kappa shape index (κ1) is 40.1. The van der Waals surface area contributed by atoms with Gasteiger partial charge in [-0.15, -0.1) is 0 Å². The summed E-state index contributed by atoms with van der Waals surface area (Å²) >= 11 is 0. The highest BCUT2D eigenvalue weighted by Gasteiger charge is 2.43. The third-order valence-electron chi connectivity index (χ3n) is 13.8. The number of rotatable bonds is 9. The van der Waals surface area contributed by atoms with E-state index in [-0.39, 0.29) is 5.41 Å². The van der Waals surface area contributed by atoms with Crippen LogP contribution < -0.4 is 4.90 Å². The van der Waals surface area contributed by atoms with Crippen LogP contribution in [0.25, 0.3) is 83.5 Å². The maximum Gasteiger partial charge on any atom is 0.0616 e. The molecule has 0 saturated carbocycles. The molecule has 0 fully saturated rings. The molecule has 0 radical (unpaired) electrons. The summed E-state index contributed by atoms with van der Waals surface area (Å²) in [6.07, 6.45) is 0. The van der Waals surface area contributed by atoms with E-state index in [2.05, 4.69) is 278 Å². The molecule has 2 nitrogen and oxygen atoms in total. The summed E-state index contributed by atoms with van der Waals surface area (Å²) < 4.78 is 2.51. The van der Waals surface area contributed by atoms with Crippen molar-refractivity contribution in [2.45, 2.75) is 19.3 Å². The van der Waals surface area contributed by atoms with E-state index in [9.17, 15) is 0 Å². The third kappa shape index (κ3) is 6.89. The molecule has 1 aliphatic carbocycles. The third-order valence-corrected chi connectivity index (χ3v) is 13.8. The lowest BCUT2D eigenvalue weighted by atomic mass is 9.80. The number of aromatic nitrogens is 1. The molecule has 0 bridgehead atoms. The zero-order valence-electron chi connectivity index (χ0n) is 37.6. The van der Waals surface area contributed by atoms with Crippen molar-refractivity contribution in [3.05, 3.63) is 266 Å². The lowest BCUT2D eigenvalue weighted by Crippen LogP contribution is -2.17. The van der Waals surface area contributed by atoms with Gasteiger partial charge in [-0.25, -0.2) is 0 Å². The Kier molecular flexibility index (Phi) is 9.88. The van der Waals surface area contributed by atoms with E-state index in [1.54, 1.807) is 0 Å². The molecule has 0 unspecified atom stereocenters. The summed E-state index contributed by atoms with van der Waals surface area (Å²) in [6.45, 7) is 4.84. The van der Waals surface area contributed by atoms with E-state index in [0.717, 1.165) is 22.7 Å². The number of para-hydroxylation sites is 1. The van der Waals surface area contributed by atoms with Crippen molar-refractivity contribution in [2.24, 2.45) is 0 Å². The van der Waals surface area contributed by atoms with E-state index < -0.39 is 0 Å². The van der Waals surface area contributed by atoms with Gasteiger partial charge in [-0.1, -0.05) is 220 Å². The number of hydrogen-bond donors (Lipinski definition) is 0. The quantitative estimate of drug-likeness (QED) is 0.140. The van der Waals surface area contributed by atoms with Crippen molar-refractivity contribution in [2.75, 3.05) is 4.90 Å². The minimum atomic E-state index is -0.306. The van der Waals surface area contributed by atoms with Gasteiger partial charge < -0.3 is 9.47 Å². The Morgan fingerprint density at radius 2 is 0.761 bits per heavy atom. The monoisotopic (exact) mass is 856 g/mol. The molecule has 318 valence electrons. The van der Waals surface area contributed by atoms with Gasteiger partial charge in [0.1, 0.15) is 0 Å². The summed E-state index contributed by atoms with van der Waals surface area (Å²) in [5.74, 6) is 0. The molecule has 2 heteroatoms. The predicted molar refractivity (Wildman–Crippen MR) is 283 cm³/mol. The largest absolute Gasteiger partial charge is 0.310 e. The molecule has 1 heterocycles. The van der Waals surface area contributed by atoms with E-state index in [4.69, 9.17) is 0 Å². The number of fused-ring (bicyclic) bond motifs is 4. The first-order chi connectivity index (χ1) is 33.0. The van der Waals surface area contributed by atoms with E-state index in [1.165, 1.54) is 88.9 Å². The first-order valence-corrected chi connectivity index (χ1v) is 23.3. The number of hydrogen-bond acceptors (Lipinski definition) is 1. The second-order valence-corrected chi connectivity index (χ2v) is 18.1. The van der Waals surface area contributed by atoms with Crippen LogP contribution >= 0.6 is 0 Å². The minimum absolute atomic E-state index is 0.306. The standard InChI is InChI=1S/C65H48N2/c1-65(2)59-44-51(36-41-58(59)61-62(65)64(50-26-14-6-15-27-50)67(52-28-16-7-17-29-52)63(61)49-24-12-5-13-25-49)55-42-43-60(57-31-19-18-30-56(55)57)66(53-37-32-47(33-38-53)45-20-8-3-9-21-45)54-39-34-48(35-40-54)46-22-10-4-11-23-46/h3-44H,1-2H3. The Hall–Kier alpha value is -8.46. The van der Waals surface area contributed by atoms with Crippen molar-refractivity contribution in [3.8, 4) is 72.7 Å². The van der Waals surface area contributed by atoms with Crippen molar-refractivity contribution in [1.82, 2.24) is 4.57 Å². The predicted octanol–water partition coefficient (Wildman–Crippen LogP) is 17.7. The van der Waals surface area contributed by atoms with E-state index >= 15 is 0 Å². The average molecular weight is 857 g/mol. The van der Waals surface area contributed by atoms with Gasteiger partial charge in [-0.2, -0.15) is 0 Å². The van der Waals surface area contributed by atoms with Crippen LogP contribution in [-0.2, 0) is 5.41 Å². The molecular weight excluding hydrogens is 809 g/mol. The molecule has 1 aromatic heterocycles. The summed E-state index contributed by atoms with van der Waals surface area (Å²) in [5.41, 5.74) is 21.6. The van der Waals surface area contributed by atoms with Gasteiger partial charge in [0.15, 0.2) is 0 Å². The number of benzene rings is 10. The molecule has 1 aliphatic rings. The molecule has 10 aromatic carbocycles. The summed E-state index contributed by atoms with van der Waals surface area (Å²) in [6, 6.07) is 92.8. The Morgan fingerprint density at radius 1 is 0.343 bits per heavy atom. The molecule has 0 atom stereocenters. The highest BCUT2D eigenvalue weighted by Crippen LogP contribution is 2.58. The first-order valence-electron chi connectivity index (χ1n) is 23.3. The van der Waals surface area contributed by atoms with Crippen LogP contribution in [-0.4, -0.2) is 4.57 Å². The Bertz CT molecular complexity index is 3450. The highest BCUT2D eigenvalue weighted by atomic mass is 15.1. The molecular formula is C65H48N2. The van der Waals surface area contributed by atoms with Crippen molar-refractivity contribution >= 4 is 27.8 Å². The lowest BCUT2D eigenvalue weighted by molar-refractivity contribution is 0.660. The normalized spacial score (nSPS) is 12.4. The van der Waals surface area contributed by atoms with Gasteiger partial charge in [0.2, 0.25) is 0 Å². The number of anilines is 3. The minimum Gasteiger partial charge on any atom is -0.310 e. The highest BCUT2D eigenvalue weighted by molar-refractivity contribution is 6.07. The van der Waals surface area contributed by atoms with Crippen LogP contribution in [0.15, 0.2) is 255 Å². The van der Waals surface area contributed by atoms with Gasteiger partial charge in [0.05, 0.1) is 17.1 Å². The van der Waals surface area contributed by atoms with Crippen LogP contribution in [0.5, 0.6) is 0 Å². The fourth-order valence-corrected chi connectivity index (χ4v) is 10.6. The molecule has 12 rings (SSSR count). The maximum atomic E-state index is 2.51. The molecule has 0 saturated heterocycles. The summed E-state index contributed by atoms with van der Waals surface area (Å²) in [5, 5.41) is 2.41. The zero-order chi connectivity index (χ0) is 44.9. The molecule has 0 amide bonds. The van der Waals surface area contributed by atoms with Gasteiger partial charge in [0.25, 0.3) is 0 Å². The molecule has 11 aromatic rings. The smallest absolute Gasteiger partial charge is 0.0616 e. The van der Waals surface area contributed by atoms with Crippen LogP contribution in [0.3, 0.4) is 0 Å². The summed E-state index contributed by atoms with van der Waals surface area (Å²) in [4.78, 5) is 2.41. The van der Waals surface area contributed by atoms with Crippen LogP contribution in [0.4, 0.5) is 17.1 Å². The van der Waals surface area contributed by atoms with Gasteiger partial charge in [-0.05, 0) is 115 Å². The Labute approximate surface area is 393 Å². The van der Waals surface area contributed by atoms with Crippen molar-refractivity contribution in [3.63, 3.8) is 0 Å². The fraction of sp³-hybridized carbons (Fsp3) is 0.0462. The molecule has 0 N–H and O–H groups in total. The second-order valence-electron chi connectivity index (χ2n) is 18.1.